The van der Waals surface area contributed by atoms with Crippen LogP contribution < -0.4 is 15.4 Å². The van der Waals surface area contributed by atoms with E-state index in [1.807, 2.05) is 36.4 Å². The van der Waals surface area contributed by atoms with Crippen LogP contribution in [0.15, 0.2) is 60.9 Å². The molecule has 2 aromatic heterocycles. The summed E-state index contributed by atoms with van der Waals surface area (Å²) in [6, 6.07) is 14.8. The first kappa shape index (κ1) is 17.3. The lowest BCUT2D eigenvalue weighted by atomic mass is 10.2. The van der Waals surface area contributed by atoms with E-state index in [1.165, 1.54) is 0 Å². The maximum absolute atomic E-state index is 12.1. The summed E-state index contributed by atoms with van der Waals surface area (Å²) >= 11 is 0. The molecule has 0 aliphatic rings. The van der Waals surface area contributed by atoms with Gasteiger partial charge in [0, 0.05) is 25.5 Å². The van der Waals surface area contributed by atoms with Crippen LogP contribution in [-0.2, 0) is 13.1 Å². The molecule has 0 radical (unpaired) electrons. The van der Waals surface area contributed by atoms with Gasteiger partial charge in [0.1, 0.15) is 11.6 Å². The molecule has 0 fully saturated rings. The fourth-order valence-corrected chi connectivity index (χ4v) is 2.26. The van der Waals surface area contributed by atoms with Gasteiger partial charge in [-0.2, -0.15) is 0 Å². The Balaban J connectivity index is 1.51. The van der Waals surface area contributed by atoms with E-state index >= 15 is 0 Å². The number of pyridine rings is 1. The molecule has 1 aromatic carbocycles. The molecule has 26 heavy (non-hydrogen) atoms. The first-order chi connectivity index (χ1) is 12.7. The summed E-state index contributed by atoms with van der Waals surface area (Å²) in [4.78, 5) is 16.1. The first-order valence-electron chi connectivity index (χ1n) is 8.12. The Hall–Kier alpha value is -3.48. The highest BCUT2D eigenvalue weighted by atomic mass is 16.5. The molecule has 0 unspecified atom stereocenters. The predicted octanol–water partition coefficient (Wildman–Crippen LogP) is 2.42. The molecule has 7 nitrogen and oxygen atoms in total. The number of hydrogen-bond donors (Lipinski definition) is 2. The number of aromatic nitrogens is 3. The quantitative estimate of drug-likeness (QED) is 0.681. The van der Waals surface area contributed by atoms with Crippen molar-refractivity contribution in [3.8, 4) is 5.75 Å². The van der Waals surface area contributed by atoms with Crippen molar-refractivity contribution in [2.45, 2.75) is 13.1 Å². The number of carbonyl (C=O) groups excluding carboxylic acids is 1. The van der Waals surface area contributed by atoms with Crippen molar-refractivity contribution < 1.29 is 9.53 Å². The molecule has 132 valence electrons. The molecule has 3 aromatic rings. The lowest BCUT2D eigenvalue weighted by Crippen LogP contribution is -2.24. The van der Waals surface area contributed by atoms with Gasteiger partial charge in [0.25, 0.3) is 5.91 Å². The SMILES string of the molecule is COc1ccc(CNc2ccc(C(=O)NCc3cccnc3)nn2)cc1. The number of nitrogens with zero attached hydrogens (tertiary/aromatic N) is 3. The maximum Gasteiger partial charge on any atom is 0.272 e. The summed E-state index contributed by atoms with van der Waals surface area (Å²) in [6.45, 7) is 0.997. The number of benzene rings is 1. The van der Waals surface area contributed by atoms with E-state index in [0.29, 0.717) is 18.9 Å². The van der Waals surface area contributed by atoms with Gasteiger partial charge in [-0.1, -0.05) is 18.2 Å². The molecule has 0 aliphatic heterocycles. The second-order valence-corrected chi connectivity index (χ2v) is 5.55. The molecule has 2 heterocycles. The van der Waals surface area contributed by atoms with Crippen LogP contribution in [0.4, 0.5) is 5.82 Å². The summed E-state index contributed by atoms with van der Waals surface area (Å²) < 4.78 is 5.13. The largest absolute Gasteiger partial charge is 0.497 e. The molecule has 0 bridgehead atoms. The Morgan fingerprint density at radius 2 is 1.85 bits per heavy atom. The lowest BCUT2D eigenvalue weighted by Gasteiger charge is -2.07. The van der Waals surface area contributed by atoms with Crippen molar-refractivity contribution in [2.24, 2.45) is 0 Å². The number of anilines is 1. The maximum atomic E-state index is 12.1. The van der Waals surface area contributed by atoms with Crippen LogP contribution in [0.5, 0.6) is 5.75 Å². The van der Waals surface area contributed by atoms with E-state index in [-0.39, 0.29) is 11.6 Å². The molecular formula is C19H19N5O2. The molecule has 0 atom stereocenters. The van der Waals surface area contributed by atoms with Crippen molar-refractivity contribution >= 4 is 11.7 Å². The minimum Gasteiger partial charge on any atom is -0.497 e. The van der Waals surface area contributed by atoms with E-state index in [4.69, 9.17) is 4.74 Å². The van der Waals surface area contributed by atoms with Gasteiger partial charge in [0.05, 0.1) is 7.11 Å². The van der Waals surface area contributed by atoms with Crippen LogP contribution >= 0.6 is 0 Å². The highest BCUT2D eigenvalue weighted by Crippen LogP contribution is 2.12. The zero-order chi connectivity index (χ0) is 18.2. The zero-order valence-corrected chi connectivity index (χ0v) is 14.3. The topological polar surface area (TPSA) is 89.0 Å². The fourth-order valence-electron chi connectivity index (χ4n) is 2.26. The van der Waals surface area contributed by atoms with Crippen molar-refractivity contribution in [2.75, 3.05) is 12.4 Å². The van der Waals surface area contributed by atoms with Crippen molar-refractivity contribution in [1.82, 2.24) is 20.5 Å². The lowest BCUT2D eigenvalue weighted by molar-refractivity contribution is 0.0945. The Morgan fingerprint density at radius 1 is 1.00 bits per heavy atom. The van der Waals surface area contributed by atoms with Crippen LogP contribution in [0, 0.1) is 0 Å². The first-order valence-corrected chi connectivity index (χ1v) is 8.12. The third-order valence-electron chi connectivity index (χ3n) is 3.71. The van der Waals surface area contributed by atoms with Crippen molar-refractivity contribution in [3.05, 3.63) is 77.7 Å². The van der Waals surface area contributed by atoms with Crippen LogP contribution in [0.25, 0.3) is 0 Å². The number of rotatable bonds is 7. The molecule has 7 heteroatoms. The summed E-state index contributed by atoms with van der Waals surface area (Å²) in [5, 5.41) is 14.0. The number of carbonyl (C=O) groups is 1. The standard InChI is InChI=1S/C19H19N5O2/c1-26-16-6-4-14(5-7-16)12-21-18-9-8-17(23-24-18)19(25)22-13-15-3-2-10-20-11-15/h2-11H,12-13H2,1H3,(H,21,24)(H,22,25). The monoisotopic (exact) mass is 349 g/mol. The van der Waals surface area contributed by atoms with Crippen LogP contribution in [-0.4, -0.2) is 28.2 Å². The average molecular weight is 349 g/mol. The number of ether oxygens (including phenoxy) is 1. The van der Waals surface area contributed by atoms with Crippen LogP contribution in [0.2, 0.25) is 0 Å². The number of methoxy groups -OCH3 is 1. The number of nitrogens with one attached hydrogen (secondary N) is 2. The molecule has 1 amide bonds. The van der Waals surface area contributed by atoms with Gasteiger partial charge in [-0.05, 0) is 41.5 Å². The molecule has 0 saturated heterocycles. The highest BCUT2D eigenvalue weighted by Gasteiger charge is 2.08. The zero-order valence-electron chi connectivity index (χ0n) is 14.3. The highest BCUT2D eigenvalue weighted by molar-refractivity contribution is 5.92. The fraction of sp³-hybridized carbons (Fsp3) is 0.158. The minimum absolute atomic E-state index is 0.267. The third-order valence-corrected chi connectivity index (χ3v) is 3.71. The summed E-state index contributed by atoms with van der Waals surface area (Å²) in [5.41, 5.74) is 2.28. The van der Waals surface area contributed by atoms with Gasteiger partial charge in [-0.15, -0.1) is 10.2 Å². The van der Waals surface area contributed by atoms with Gasteiger partial charge in [-0.3, -0.25) is 9.78 Å². The van der Waals surface area contributed by atoms with Crippen molar-refractivity contribution in [3.63, 3.8) is 0 Å². The average Bonchev–Trinajstić information content (AvgIpc) is 2.72. The Labute approximate surface area is 151 Å². The van der Waals surface area contributed by atoms with E-state index in [0.717, 1.165) is 16.9 Å². The smallest absolute Gasteiger partial charge is 0.272 e. The van der Waals surface area contributed by atoms with Gasteiger partial charge in [0.2, 0.25) is 0 Å². The van der Waals surface area contributed by atoms with Gasteiger partial charge < -0.3 is 15.4 Å². The van der Waals surface area contributed by atoms with E-state index < -0.39 is 0 Å². The third kappa shape index (κ3) is 4.76. The molecular weight excluding hydrogens is 330 g/mol. The second-order valence-electron chi connectivity index (χ2n) is 5.55. The molecule has 0 saturated carbocycles. The van der Waals surface area contributed by atoms with E-state index in [2.05, 4.69) is 25.8 Å². The predicted molar refractivity (Wildman–Crippen MR) is 97.8 cm³/mol. The molecule has 2 N–H and O–H groups in total. The molecule has 0 aliphatic carbocycles. The van der Waals surface area contributed by atoms with Gasteiger partial charge in [0.15, 0.2) is 5.69 Å². The number of hydrogen-bond acceptors (Lipinski definition) is 6. The van der Waals surface area contributed by atoms with E-state index in [1.54, 1.807) is 31.6 Å². The Kier molecular flexibility index (Phi) is 5.72. The molecule has 0 spiro atoms. The van der Waals surface area contributed by atoms with Gasteiger partial charge >= 0.3 is 0 Å². The van der Waals surface area contributed by atoms with Gasteiger partial charge in [-0.25, -0.2) is 0 Å². The summed E-state index contributed by atoms with van der Waals surface area (Å²) in [6.07, 6.45) is 3.40. The second kappa shape index (κ2) is 8.57. The summed E-state index contributed by atoms with van der Waals surface area (Å²) in [7, 11) is 1.64. The Bertz CT molecular complexity index is 836. The van der Waals surface area contributed by atoms with Crippen molar-refractivity contribution in [1.29, 1.82) is 0 Å². The minimum atomic E-state index is -0.275. The normalized spacial score (nSPS) is 10.2. The Morgan fingerprint density at radius 3 is 2.50 bits per heavy atom. The van der Waals surface area contributed by atoms with Crippen LogP contribution in [0.3, 0.4) is 0 Å². The number of amides is 1. The van der Waals surface area contributed by atoms with Crippen LogP contribution in [0.1, 0.15) is 21.6 Å². The van der Waals surface area contributed by atoms with E-state index in [9.17, 15) is 4.79 Å². The molecule has 3 rings (SSSR count). The summed E-state index contributed by atoms with van der Waals surface area (Å²) in [5.74, 6) is 1.14.